The zero-order valence-corrected chi connectivity index (χ0v) is 14.6. The second-order valence-corrected chi connectivity index (χ2v) is 6.65. The Labute approximate surface area is 139 Å². The van der Waals surface area contributed by atoms with Crippen molar-refractivity contribution in [1.29, 1.82) is 0 Å². The molecule has 6 heteroatoms. The van der Waals surface area contributed by atoms with Gasteiger partial charge in [0.15, 0.2) is 0 Å². The second kappa shape index (κ2) is 6.12. The van der Waals surface area contributed by atoms with Crippen LogP contribution in [-0.2, 0) is 6.42 Å². The first-order valence-electron chi connectivity index (χ1n) is 7.72. The number of nitrogens with zero attached hydrogens (tertiary/aromatic N) is 3. The summed E-state index contributed by atoms with van der Waals surface area (Å²) in [7, 11) is 0. The lowest BCUT2D eigenvalue weighted by Crippen LogP contribution is -2.15. The van der Waals surface area contributed by atoms with Crippen molar-refractivity contribution in [2.75, 3.05) is 5.32 Å². The van der Waals surface area contributed by atoms with Crippen LogP contribution in [0.2, 0.25) is 0 Å². The van der Waals surface area contributed by atoms with Gasteiger partial charge in [-0.15, -0.1) is 5.10 Å². The van der Waals surface area contributed by atoms with Gasteiger partial charge < -0.3 is 5.32 Å². The van der Waals surface area contributed by atoms with Gasteiger partial charge in [-0.25, -0.2) is 4.98 Å². The number of benzene rings is 1. The smallest absolute Gasteiger partial charge is 0.275 e. The first-order valence-corrected chi connectivity index (χ1v) is 8.53. The van der Waals surface area contributed by atoms with Crippen LogP contribution < -0.4 is 10.9 Å². The molecule has 1 unspecified atom stereocenters. The molecule has 0 aliphatic rings. The zero-order valence-electron chi connectivity index (χ0n) is 13.8. The average molecular weight is 328 g/mol. The van der Waals surface area contributed by atoms with Crippen LogP contribution in [0, 0.1) is 13.8 Å². The Balaban J connectivity index is 1.93. The van der Waals surface area contributed by atoms with E-state index in [0.717, 1.165) is 12.1 Å². The van der Waals surface area contributed by atoms with Crippen molar-refractivity contribution in [3.8, 4) is 0 Å². The van der Waals surface area contributed by atoms with Gasteiger partial charge in [0.2, 0.25) is 10.1 Å². The van der Waals surface area contributed by atoms with Gasteiger partial charge in [0.1, 0.15) is 0 Å². The minimum absolute atomic E-state index is 0.108. The molecule has 0 aliphatic heterocycles. The van der Waals surface area contributed by atoms with Crippen molar-refractivity contribution in [3.05, 3.63) is 57.0 Å². The number of nitrogens with one attached hydrogen (secondary N) is 1. The Morgan fingerprint density at radius 1 is 1.35 bits per heavy atom. The highest BCUT2D eigenvalue weighted by atomic mass is 32.1. The predicted octanol–water partition coefficient (Wildman–Crippen LogP) is 3.50. The summed E-state index contributed by atoms with van der Waals surface area (Å²) in [5.41, 5.74) is 4.45. The first-order chi connectivity index (χ1) is 11.0. The van der Waals surface area contributed by atoms with Crippen molar-refractivity contribution in [1.82, 2.24) is 14.6 Å². The average Bonchev–Trinajstić information content (AvgIpc) is 2.92. The third-order valence-electron chi connectivity index (χ3n) is 4.11. The van der Waals surface area contributed by atoms with Gasteiger partial charge in [0, 0.05) is 11.8 Å². The number of fused-ring (bicyclic) bond motifs is 1. The summed E-state index contributed by atoms with van der Waals surface area (Å²) >= 11 is 1.40. The number of hydrogen-bond donors (Lipinski definition) is 1. The molecule has 23 heavy (non-hydrogen) atoms. The number of rotatable bonds is 4. The van der Waals surface area contributed by atoms with E-state index in [4.69, 9.17) is 0 Å². The van der Waals surface area contributed by atoms with E-state index < -0.39 is 0 Å². The van der Waals surface area contributed by atoms with Gasteiger partial charge in [0.05, 0.1) is 6.04 Å². The SMILES string of the molecule is CCc1cc(=O)n2nc(NC(C)c3cccc(C)c3C)sc2n1. The van der Waals surface area contributed by atoms with Crippen molar-refractivity contribution < 1.29 is 0 Å². The van der Waals surface area contributed by atoms with Gasteiger partial charge in [-0.3, -0.25) is 4.79 Å². The Hall–Kier alpha value is -2.21. The lowest BCUT2D eigenvalue weighted by atomic mass is 9.99. The molecular weight excluding hydrogens is 308 g/mol. The highest BCUT2D eigenvalue weighted by Gasteiger charge is 2.13. The van der Waals surface area contributed by atoms with E-state index in [9.17, 15) is 4.79 Å². The molecule has 0 aliphatic carbocycles. The monoisotopic (exact) mass is 328 g/mol. The zero-order chi connectivity index (χ0) is 16.6. The molecule has 1 aromatic carbocycles. The molecule has 1 atom stereocenters. The maximum atomic E-state index is 12.1. The van der Waals surface area contributed by atoms with Crippen LogP contribution >= 0.6 is 11.3 Å². The normalized spacial score (nSPS) is 12.5. The lowest BCUT2D eigenvalue weighted by Gasteiger charge is -2.16. The van der Waals surface area contributed by atoms with Gasteiger partial charge in [-0.05, 0) is 43.9 Å². The predicted molar refractivity (Wildman–Crippen MR) is 94.5 cm³/mol. The Morgan fingerprint density at radius 2 is 2.13 bits per heavy atom. The third kappa shape index (κ3) is 2.99. The molecule has 3 aromatic rings. The van der Waals surface area contributed by atoms with E-state index >= 15 is 0 Å². The van der Waals surface area contributed by atoms with Crippen LogP contribution in [0.15, 0.2) is 29.1 Å². The van der Waals surface area contributed by atoms with Gasteiger partial charge in [-0.1, -0.05) is 36.5 Å². The minimum atomic E-state index is -0.129. The summed E-state index contributed by atoms with van der Waals surface area (Å²) in [6.45, 7) is 8.32. The topological polar surface area (TPSA) is 59.3 Å². The standard InChI is InChI=1S/C17H20N4OS/c1-5-13-9-15(22)21-17(19-13)23-16(20-21)18-12(4)14-8-6-7-10(2)11(14)3/h6-9,12H,5H2,1-4H3,(H,18,20). The van der Waals surface area contributed by atoms with Gasteiger partial charge >= 0.3 is 0 Å². The molecule has 0 saturated carbocycles. The Bertz CT molecular complexity index is 913. The Kier molecular flexibility index (Phi) is 4.17. The highest BCUT2D eigenvalue weighted by molar-refractivity contribution is 7.20. The van der Waals surface area contributed by atoms with E-state index in [2.05, 4.69) is 54.4 Å². The van der Waals surface area contributed by atoms with Crippen LogP contribution in [-0.4, -0.2) is 14.6 Å². The van der Waals surface area contributed by atoms with Crippen LogP contribution in [0.5, 0.6) is 0 Å². The molecule has 0 spiro atoms. The molecule has 3 rings (SSSR count). The summed E-state index contributed by atoms with van der Waals surface area (Å²) in [6.07, 6.45) is 0.741. The summed E-state index contributed by atoms with van der Waals surface area (Å²) in [5.74, 6) is 0. The maximum absolute atomic E-state index is 12.1. The van der Waals surface area contributed by atoms with Crippen LogP contribution in [0.4, 0.5) is 5.13 Å². The molecule has 120 valence electrons. The molecular formula is C17H20N4OS. The quantitative estimate of drug-likeness (QED) is 0.796. The fraction of sp³-hybridized carbons (Fsp3) is 0.353. The molecule has 0 bridgehead atoms. The second-order valence-electron chi connectivity index (χ2n) is 5.70. The third-order valence-corrected chi connectivity index (χ3v) is 4.95. The van der Waals surface area contributed by atoms with E-state index in [-0.39, 0.29) is 11.6 Å². The molecule has 0 saturated heterocycles. The number of hydrogen-bond acceptors (Lipinski definition) is 5. The fourth-order valence-electron chi connectivity index (χ4n) is 2.60. The van der Waals surface area contributed by atoms with Crippen molar-refractivity contribution in [2.24, 2.45) is 0 Å². The first kappa shape index (κ1) is 15.7. The minimum Gasteiger partial charge on any atom is -0.354 e. The number of aromatic nitrogens is 3. The Morgan fingerprint density at radius 3 is 2.87 bits per heavy atom. The van der Waals surface area contributed by atoms with E-state index in [1.807, 2.05) is 6.92 Å². The molecule has 0 radical (unpaired) electrons. The molecule has 0 amide bonds. The van der Waals surface area contributed by atoms with Crippen molar-refractivity contribution in [2.45, 2.75) is 40.2 Å². The van der Waals surface area contributed by atoms with Gasteiger partial charge in [0.25, 0.3) is 5.56 Å². The highest BCUT2D eigenvalue weighted by Crippen LogP contribution is 2.26. The summed E-state index contributed by atoms with van der Waals surface area (Å²) in [6, 6.07) is 7.95. The molecule has 2 heterocycles. The molecule has 5 nitrogen and oxygen atoms in total. The number of aryl methyl sites for hydroxylation is 2. The van der Waals surface area contributed by atoms with Crippen LogP contribution in [0.1, 0.15) is 42.3 Å². The number of anilines is 1. The molecule has 0 fully saturated rings. The van der Waals surface area contributed by atoms with Crippen molar-refractivity contribution in [3.63, 3.8) is 0 Å². The largest absolute Gasteiger partial charge is 0.354 e. The van der Waals surface area contributed by atoms with Crippen LogP contribution in [0.3, 0.4) is 0 Å². The lowest BCUT2D eigenvalue weighted by molar-refractivity contribution is 0.835. The van der Waals surface area contributed by atoms with Crippen LogP contribution in [0.25, 0.3) is 4.96 Å². The molecule has 2 aromatic heterocycles. The van der Waals surface area contributed by atoms with E-state index in [0.29, 0.717) is 10.1 Å². The van der Waals surface area contributed by atoms with E-state index in [1.165, 1.54) is 32.5 Å². The fourth-order valence-corrected chi connectivity index (χ4v) is 3.51. The summed E-state index contributed by atoms with van der Waals surface area (Å²) in [4.78, 5) is 17.2. The van der Waals surface area contributed by atoms with Gasteiger partial charge in [-0.2, -0.15) is 4.52 Å². The summed E-state index contributed by atoms with van der Waals surface area (Å²) < 4.78 is 1.36. The molecule has 1 N–H and O–H groups in total. The maximum Gasteiger partial charge on any atom is 0.275 e. The summed E-state index contributed by atoms with van der Waals surface area (Å²) in [5, 5.41) is 8.45. The van der Waals surface area contributed by atoms with Crippen molar-refractivity contribution >= 4 is 21.4 Å². The van der Waals surface area contributed by atoms with E-state index in [1.54, 1.807) is 6.07 Å².